The fourth-order valence-corrected chi connectivity index (χ4v) is 0.997. The second-order valence-electron chi connectivity index (χ2n) is 3.13. The van der Waals surface area contributed by atoms with E-state index in [2.05, 4.69) is 0 Å². The fourth-order valence-electron chi connectivity index (χ4n) is 0.997. The van der Waals surface area contributed by atoms with Crippen LogP contribution < -0.4 is 5.32 Å². The van der Waals surface area contributed by atoms with Gasteiger partial charge >= 0.3 is 6.18 Å². The van der Waals surface area contributed by atoms with Crippen LogP contribution in [0.2, 0.25) is 0 Å². The summed E-state index contributed by atoms with van der Waals surface area (Å²) in [5.74, 6) is -0.649. The minimum atomic E-state index is -4.72. The Bertz CT molecular complexity index is 351. The molecule has 1 aromatic carbocycles. The smallest absolute Gasteiger partial charge is 0.382 e. The van der Waals surface area contributed by atoms with Crippen molar-refractivity contribution in [3.63, 3.8) is 0 Å². The summed E-state index contributed by atoms with van der Waals surface area (Å²) in [6.07, 6.45) is -7.26. The van der Waals surface area contributed by atoms with Crippen LogP contribution >= 0.6 is 0 Å². The number of hydrogen-bond donors (Lipinski definition) is 2. The van der Waals surface area contributed by atoms with Crippen LogP contribution in [0.3, 0.4) is 0 Å². The number of carbonyl (C=O) groups excluding carboxylic acids is 1. The number of halogens is 3. The molecule has 1 aromatic rings. The summed E-state index contributed by atoms with van der Waals surface area (Å²) in [6, 6.07) is 7.80. The molecule has 2 N–H and O–H groups in total. The molecule has 0 unspecified atom stereocenters. The van der Waals surface area contributed by atoms with E-state index in [0.717, 1.165) is 0 Å². The molecule has 1 rings (SSSR count). The van der Waals surface area contributed by atoms with Crippen molar-refractivity contribution in [3.8, 4) is 0 Å². The van der Waals surface area contributed by atoms with Crippen molar-refractivity contribution in [3.05, 3.63) is 35.9 Å². The summed E-state index contributed by atoms with van der Waals surface area (Å²) in [7, 11) is 0. The molecule has 3 nitrogen and oxygen atoms in total. The van der Waals surface area contributed by atoms with Gasteiger partial charge in [0, 0.05) is 5.56 Å². The van der Waals surface area contributed by atoms with Crippen LogP contribution in [0, 0.1) is 0 Å². The molecule has 0 radical (unpaired) electrons. The molecule has 0 fully saturated rings. The van der Waals surface area contributed by atoms with E-state index in [-0.39, 0.29) is 5.56 Å². The lowest BCUT2D eigenvalue weighted by atomic mass is 10.2. The molecule has 1 amide bonds. The van der Waals surface area contributed by atoms with E-state index in [1.165, 1.54) is 12.1 Å². The van der Waals surface area contributed by atoms with Gasteiger partial charge in [-0.2, -0.15) is 13.2 Å². The maximum Gasteiger partial charge on any atom is 0.416 e. The van der Waals surface area contributed by atoms with Crippen LogP contribution in [0.5, 0.6) is 0 Å². The van der Waals surface area contributed by atoms with Crippen LogP contribution in [0.25, 0.3) is 0 Å². The predicted octanol–water partition coefficient (Wildman–Crippen LogP) is 1.34. The summed E-state index contributed by atoms with van der Waals surface area (Å²) < 4.78 is 35.7. The second kappa shape index (κ2) is 4.98. The van der Waals surface area contributed by atoms with E-state index < -0.39 is 24.7 Å². The molecule has 1 atom stereocenters. The zero-order valence-electron chi connectivity index (χ0n) is 8.16. The second-order valence-corrected chi connectivity index (χ2v) is 3.13. The molecule has 0 aliphatic rings. The van der Waals surface area contributed by atoms with E-state index in [4.69, 9.17) is 5.11 Å². The molecule has 88 valence electrons. The first-order valence-corrected chi connectivity index (χ1v) is 4.49. The van der Waals surface area contributed by atoms with E-state index in [9.17, 15) is 18.0 Å². The highest BCUT2D eigenvalue weighted by atomic mass is 19.4. The molecule has 16 heavy (non-hydrogen) atoms. The van der Waals surface area contributed by atoms with Gasteiger partial charge in [0.05, 0.1) is 6.54 Å². The number of alkyl halides is 3. The molecular weight excluding hydrogens is 223 g/mol. The number of amides is 1. The van der Waals surface area contributed by atoms with Gasteiger partial charge in [-0.3, -0.25) is 4.79 Å². The Morgan fingerprint density at radius 3 is 2.38 bits per heavy atom. The third kappa shape index (κ3) is 3.54. The Morgan fingerprint density at radius 2 is 1.88 bits per heavy atom. The van der Waals surface area contributed by atoms with Crippen LogP contribution in [0.4, 0.5) is 13.2 Å². The van der Waals surface area contributed by atoms with E-state index >= 15 is 0 Å². The highest BCUT2D eigenvalue weighted by molar-refractivity contribution is 5.94. The largest absolute Gasteiger partial charge is 0.416 e. The van der Waals surface area contributed by atoms with Crippen molar-refractivity contribution in [1.29, 1.82) is 0 Å². The van der Waals surface area contributed by atoms with Gasteiger partial charge in [-0.05, 0) is 12.1 Å². The van der Waals surface area contributed by atoms with Crippen LogP contribution in [0.1, 0.15) is 10.4 Å². The van der Waals surface area contributed by atoms with Crippen molar-refractivity contribution in [2.45, 2.75) is 12.3 Å². The average Bonchev–Trinajstić information content (AvgIpc) is 2.25. The number of nitrogens with one attached hydrogen (secondary N) is 1. The van der Waals surface area contributed by atoms with Gasteiger partial charge in [-0.15, -0.1) is 0 Å². The van der Waals surface area contributed by atoms with Gasteiger partial charge in [-0.25, -0.2) is 0 Å². The standard InChI is InChI=1S/C10H10F3NO2/c11-10(12,13)8(15)6-14-9(16)7-4-2-1-3-5-7/h1-5,8,15H,6H2,(H,14,16)/t8-/m1/s1. The third-order valence-corrected chi connectivity index (χ3v) is 1.87. The molecular formula is C10H10F3NO2. The van der Waals surface area contributed by atoms with Crippen LogP contribution in [0.15, 0.2) is 30.3 Å². The quantitative estimate of drug-likeness (QED) is 0.827. The molecule has 0 heterocycles. The molecule has 0 saturated carbocycles. The Kier molecular flexibility index (Phi) is 3.89. The zero-order valence-corrected chi connectivity index (χ0v) is 8.16. The minimum Gasteiger partial charge on any atom is -0.382 e. The fraction of sp³-hybridized carbons (Fsp3) is 0.300. The summed E-state index contributed by atoms with van der Waals surface area (Å²) in [5, 5.41) is 10.6. The zero-order chi connectivity index (χ0) is 12.2. The lowest BCUT2D eigenvalue weighted by Gasteiger charge is -2.14. The molecule has 0 aliphatic heterocycles. The number of rotatable bonds is 3. The lowest BCUT2D eigenvalue weighted by Crippen LogP contribution is -2.40. The van der Waals surface area contributed by atoms with Gasteiger partial charge in [0.25, 0.3) is 5.91 Å². The van der Waals surface area contributed by atoms with Gasteiger partial charge in [0.1, 0.15) is 0 Å². The molecule has 0 aromatic heterocycles. The van der Waals surface area contributed by atoms with Gasteiger partial charge in [-0.1, -0.05) is 18.2 Å². The van der Waals surface area contributed by atoms with Crippen molar-refractivity contribution < 1.29 is 23.1 Å². The molecule has 0 saturated heterocycles. The van der Waals surface area contributed by atoms with Crippen molar-refractivity contribution in [2.24, 2.45) is 0 Å². The lowest BCUT2D eigenvalue weighted by molar-refractivity contribution is -0.201. The topological polar surface area (TPSA) is 49.3 Å². The summed E-state index contributed by atoms with van der Waals surface area (Å²) in [6.45, 7) is -0.850. The maximum absolute atomic E-state index is 11.9. The van der Waals surface area contributed by atoms with Gasteiger partial charge in [0.15, 0.2) is 6.10 Å². The van der Waals surface area contributed by atoms with Gasteiger partial charge in [0.2, 0.25) is 0 Å². The Balaban J connectivity index is 2.48. The first kappa shape index (κ1) is 12.5. The van der Waals surface area contributed by atoms with Crippen molar-refractivity contribution in [2.75, 3.05) is 6.54 Å². The Morgan fingerprint density at radius 1 is 1.31 bits per heavy atom. The molecule has 0 spiro atoms. The molecule has 6 heteroatoms. The van der Waals surface area contributed by atoms with E-state index in [0.29, 0.717) is 0 Å². The normalized spacial score (nSPS) is 13.2. The molecule has 0 bridgehead atoms. The molecule has 0 aliphatic carbocycles. The SMILES string of the molecule is O=C(NC[C@@H](O)C(F)(F)F)c1ccccc1. The predicted molar refractivity (Wildman–Crippen MR) is 50.8 cm³/mol. The maximum atomic E-state index is 11.9. The summed E-state index contributed by atoms with van der Waals surface area (Å²) in [4.78, 5) is 11.3. The number of carbonyl (C=O) groups is 1. The summed E-state index contributed by atoms with van der Waals surface area (Å²) in [5.41, 5.74) is 0.247. The number of aliphatic hydroxyl groups is 1. The Hall–Kier alpha value is -1.56. The monoisotopic (exact) mass is 233 g/mol. The number of hydrogen-bond acceptors (Lipinski definition) is 2. The highest BCUT2D eigenvalue weighted by Crippen LogP contribution is 2.19. The first-order chi connectivity index (χ1) is 7.41. The first-order valence-electron chi connectivity index (χ1n) is 4.49. The third-order valence-electron chi connectivity index (χ3n) is 1.87. The van der Waals surface area contributed by atoms with Crippen molar-refractivity contribution >= 4 is 5.91 Å². The highest BCUT2D eigenvalue weighted by Gasteiger charge is 2.38. The van der Waals surface area contributed by atoms with E-state index in [1.807, 2.05) is 5.32 Å². The van der Waals surface area contributed by atoms with E-state index in [1.54, 1.807) is 18.2 Å². The van der Waals surface area contributed by atoms with Crippen molar-refractivity contribution in [1.82, 2.24) is 5.32 Å². The minimum absolute atomic E-state index is 0.247. The van der Waals surface area contributed by atoms with Crippen LogP contribution in [-0.4, -0.2) is 29.8 Å². The number of aliphatic hydroxyl groups excluding tert-OH is 1. The average molecular weight is 233 g/mol. The van der Waals surface area contributed by atoms with Gasteiger partial charge < -0.3 is 10.4 Å². The van der Waals surface area contributed by atoms with Crippen LogP contribution in [-0.2, 0) is 0 Å². The Labute approximate surface area is 89.9 Å². The summed E-state index contributed by atoms with van der Waals surface area (Å²) >= 11 is 0. The number of benzene rings is 1.